The van der Waals surface area contributed by atoms with E-state index in [4.69, 9.17) is 21.1 Å². The molecule has 0 aliphatic carbocycles. The number of rotatable bonds is 7. The van der Waals surface area contributed by atoms with Crippen LogP contribution in [0.4, 0.5) is 10.1 Å². The fourth-order valence-corrected chi connectivity index (χ4v) is 3.74. The van der Waals surface area contributed by atoms with Crippen molar-refractivity contribution in [1.82, 2.24) is 9.80 Å². The van der Waals surface area contributed by atoms with Crippen molar-refractivity contribution in [2.75, 3.05) is 52.3 Å². The van der Waals surface area contributed by atoms with Gasteiger partial charge in [-0.3, -0.25) is 14.6 Å². The minimum atomic E-state index is -0.312. The molecule has 0 radical (unpaired) electrons. The van der Waals surface area contributed by atoms with E-state index in [0.29, 0.717) is 40.9 Å². The van der Waals surface area contributed by atoms with Gasteiger partial charge in [-0.15, -0.1) is 0 Å². The number of benzene rings is 2. The fraction of sp³-hybridized carbons (Fsp3) is 0.409. The first-order valence-electron chi connectivity index (χ1n) is 9.89. The molecule has 1 fully saturated rings. The number of nitrogens with zero attached hydrogens (tertiary/aromatic N) is 2. The second-order valence-corrected chi connectivity index (χ2v) is 7.64. The van der Waals surface area contributed by atoms with Crippen molar-refractivity contribution in [1.29, 1.82) is 0 Å². The molecule has 1 saturated heterocycles. The zero-order valence-corrected chi connectivity index (χ0v) is 18.0. The van der Waals surface area contributed by atoms with E-state index in [-0.39, 0.29) is 11.7 Å². The molecule has 2 aromatic carbocycles. The van der Waals surface area contributed by atoms with Crippen LogP contribution in [-0.4, -0.2) is 62.7 Å². The highest BCUT2D eigenvalue weighted by atomic mass is 35.5. The van der Waals surface area contributed by atoms with E-state index in [1.165, 1.54) is 20.3 Å². The Hall–Kier alpha value is -2.35. The molecule has 6 nitrogen and oxygen atoms in total. The third-order valence-electron chi connectivity index (χ3n) is 5.14. The zero-order chi connectivity index (χ0) is 21.5. The molecular formula is C22H27ClFN3O3. The summed E-state index contributed by atoms with van der Waals surface area (Å²) < 4.78 is 24.9. The molecule has 8 heteroatoms. The number of nitrogens with one attached hydrogen (secondary N) is 1. The predicted molar refractivity (Wildman–Crippen MR) is 116 cm³/mol. The highest BCUT2D eigenvalue weighted by Gasteiger charge is 2.20. The predicted octanol–water partition coefficient (Wildman–Crippen LogP) is 3.64. The first-order chi connectivity index (χ1) is 14.5. The summed E-state index contributed by atoms with van der Waals surface area (Å²) >= 11 is 6.10. The quantitative estimate of drug-likeness (QED) is 0.719. The van der Waals surface area contributed by atoms with Crippen molar-refractivity contribution < 1.29 is 18.7 Å². The van der Waals surface area contributed by atoms with Gasteiger partial charge in [-0.2, -0.15) is 0 Å². The normalized spacial score (nSPS) is 15.5. The monoisotopic (exact) mass is 435 g/mol. The number of carbonyl (C=O) groups is 1. The SMILES string of the molecule is COc1cc(F)c(CN2CCCN(CC(=O)Nc3ccccc3Cl)CC2)cc1OC. The molecule has 2 aromatic rings. The van der Waals surface area contributed by atoms with Crippen molar-refractivity contribution in [2.24, 2.45) is 0 Å². The first-order valence-corrected chi connectivity index (χ1v) is 10.3. The van der Waals surface area contributed by atoms with Crippen LogP contribution in [-0.2, 0) is 11.3 Å². The van der Waals surface area contributed by atoms with Gasteiger partial charge in [0, 0.05) is 31.3 Å². The summed E-state index contributed by atoms with van der Waals surface area (Å²) in [5, 5.41) is 3.38. The first kappa shape index (κ1) is 22.3. The van der Waals surface area contributed by atoms with E-state index in [2.05, 4.69) is 15.1 Å². The molecule has 1 heterocycles. The summed E-state index contributed by atoms with van der Waals surface area (Å²) in [6.45, 7) is 3.88. The van der Waals surface area contributed by atoms with Gasteiger partial charge >= 0.3 is 0 Å². The van der Waals surface area contributed by atoms with Crippen molar-refractivity contribution >= 4 is 23.2 Å². The Morgan fingerprint density at radius 2 is 1.73 bits per heavy atom. The number of amides is 1. The smallest absolute Gasteiger partial charge is 0.238 e. The standard InChI is InChI=1S/C22H27ClFN3O3/c1-29-20-12-16(18(24)13-21(20)30-2)14-26-8-5-9-27(11-10-26)15-22(28)25-19-7-4-3-6-17(19)23/h3-4,6-7,12-13H,5,8-11,14-15H2,1-2H3,(H,25,28). The molecule has 0 spiro atoms. The number of ether oxygens (including phenoxy) is 2. The van der Waals surface area contributed by atoms with Gasteiger partial charge in [-0.25, -0.2) is 4.39 Å². The van der Waals surface area contributed by atoms with Crippen molar-refractivity contribution in [3.63, 3.8) is 0 Å². The topological polar surface area (TPSA) is 54.0 Å². The Morgan fingerprint density at radius 3 is 2.47 bits per heavy atom. The van der Waals surface area contributed by atoms with Crippen LogP contribution in [0.1, 0.15) is 12.0 Å². The number of anilines is 1. The number of halogens is 2. The van der Waals surface area contributed by atoms with Gasteiger partial charge in [0.2, 0.25) is 5.91 Å². The number of para-hydroxylation sites is 1. The van der Waals surface area contributed by atoms with E-state index in [1.54, 1.807) is 18.2 Å². The fourth-order valence-electron chi connectivity index (χ4n) is 3.55. The Kier molecular flexibility index (Phi) is 7.90. The van der Waals surface area contributed by atoms with Crippen LogP contribution < -0.4 is 14.8 Å². The molecule has 1 amide bonds. The second kappa shape index (κ2) is 10.6. The van der Waals surface area contributed by atoms with E-state index in [9.17, 15) is 9.18 Å². The average molecular weight is 436 g/mol. The van der Waals surface area contributed by atoms with Crippen LogP contribution in [0.2, 0.25) is 5.02 Å². The number of carbonyl (C=O) groups excluding carboxylic acids is 1. The number of hydrogen-bond acceptors (Lipinski definition) is 5. The number of hydrogen-bond donors (Lipinski definition) is 1. The van der Waals surface area contributed by atoms with Crippen LogP contribution in [0.15, 0.2) is 36.4 Å². The molecule has 1 aliphatic rings. The summed E-state index contributed by atoms with van der Waals surface area (Å²) in [5.74, 6) is 0.488. The van der Waals surface area contributed by atoms with Crippen molar-refractivity contribution in [2.45, 2.75) is 13.0 Å². The molecule has 0 bridgehead atoms. The molecule has 162 valence electrons. The summed E-state index contributed by atoms with van der Waals surface area (Å²) in [4.78, 5) is 16.7. The molecule has 1 N–H and O–H groups in total. The lowest BCUT2D eigenvalue weighted by Crippen LogP contribution is -2.36. The lowest BCUT2D eigenvalue weighted by Gasteiger charge is -2.22. The summed E-state index contributed by atoms with van der Waals surface area (Å²) in [6.07, 6.45) is 0.897. The van der Waals surface area contributed by atoms with Gasteiger partial charge in [0.05, 0.1) is 31.5 Å². The largest absolute Gasteiger partial charge is 0.493 e. The van der Waals surface area contributed by atoms with Crippen LogP contribution >= 0.6 is 11.6 Å². The lowest BCUT2D eigenvalue weighted by atomic mass is 10.1. The van der Waals surface area contributed by atoms with Crippen LogP contribution in [0, 0.1) is 5.82 Å². The molecule has 0 aromatic heterocycles. The molecule has 3 rings (SSSR count). The maximum Gasteiger partial charge on any atom is 0.238 e. The van der Waals surface area contributed by atoms with Crippen molar-refractivity contribution in [3.05, 3.63) is 52.8 Å². The van der Waals surface area contributed by atoms with Crippen LogP contribution in [0.3, 0.4) is 0 Å². The zero-order valence-electron chi connectivity index (χ0n) is 17.3. The molecule has 0 saturated carbocycles. The van der Waals surface area contributed by atoms with Gasteiger partial charge in [-0.05, 0) is 37.7 Å². The highest BCUT2D eigenvalue weighted by Crippen LogP contribution is 2.30. The van der Waals surface area contributed by atoms with Gasteiger partial charge in [-0.1, -0.05) is 23.7 Å². The minimum Gasteiger partial charge on any atom is -0.493 e. The maximum absolute atomic E-state index is 14.5. The Morgan fingerprint density at radius 1 is 1.07 bits per heavy atom. The minimum absolute atomic E-state index is 0.0949. The third-order valence-corrected chi connectivity index (χ3v) is 5.47. The number of methoxy groups -OCH3 is 2. The van der Waals surface area contributed by atoms with Crippen molar-refractivity contribution in [3.8, 4) is 11.5 Å². The van der Waals surface area contributed by atoms with Gasteiger partial charge in [0.1, 0.15) is 5.82 Å². The van der Waals surface area contributed by atoms with E-state index in [1.807, 2.05) is 12.1 Å². The summed E-state index contributed by atoms with van der Waals surface area (Å²) in [6, 6.07) is 10.2. The summed E-state index contributed by atoms with van der Waals surface area (Å²) in [5.41, 5.74) is 1.18. The molecule has 1 aliphatic heterocycles. The molecule has 0 atom stereocenters. The van der Waals surface area contributed by atoms with Crippen LogP contribution in [0.25, 0.3) is 0 Å². The van der Waals surface area contributed by atoms with E-state index in [0.717, 1.165) is 32.6 Å². The van der Waals surface area contributed by atoms with Gasteiger partial charge in [0.15, 0.2) is 11.5 Å². The molecular weight excluding hydrogens is 409 g/mol. The average Bonchev–Trinajstić information content (AvgIpc) is 2.95. The lowest BCUT2D eigenvalue weighted by molar-refractivity contribution is -0.117. The third kappa shape index (κ3) is 5.84. The summed E-state index contributed by atoms with van der Waals surface area (Å²) in [7, 11) is 3.03. The van der Waals surface area contributed by atoms with Gasteiger partial charge in [0.25, 0.3) is 0 Å². The van der Waals surface area contributed by atoms with Crippen LogP contribution in [0.5, 0.6) is 11.5 Å². The van der Waals surface area contributed by atoms with Gasteiger partial charge < -0.3 is 14.8 Å². The maximum atomic E-state index is 14.5. The Bertz CT molecular complexity index is 881. The molecule has 30 heavy (non-hydrogen) atoms. The second-order valence-electron chi connectivity index (χ2n) is 7.23. The Labute approximate surface area is 181 Å². The highest BCUT2D eigenvalue weighted by molar-refractivity contribution is 6.33. The van der Waals surface area contributed by atoms with E-state index < -0.39 is 0 Å². The van der Waals surface area contributed by atoms with E-state index >= 15 is 0 Å². The Balaban J connectivity index is 1.55. The molecule has 0 unspecified atom stereocenters.